The van der Waals surface area contributed by atoms with E-state index in [4.69, 9.17) is 5.73 Å². The second kappa shape index (κ2) is 2.58. The Morgan fingerprint density at radius 2 is 2.31 bits per heavy atom. The number of H-pyrrole nitrogens is 1. The Kier molecular flexibility index (Phi) is 1.55. The van der Waals surface area contributed by atoms with Gasteiger partial charge in [-0.05, 0) is 18.6 Å². The molecule has 0 saturated carbocycles. The van der Waals surface area contributed by atoms with E-state index >= 15 is 0 Å². The minimum Gasteiger partial charge on any atom is -0.334 e. The fraction of sp³-hybridized carbons (Fsp3) is 0.111. The fourth-order valence-corrected chi connectivity index (χ4v) is 1.28. The molecule has 2 N–H and O–H groups in total. The largest absolute Gasteiger partial charge is 0.334 e. The molecule has 0 fully saturated rings. The van der Waals surface area contributed by atoms with Crippen LogP contribution >= 0.6 is 0 Å². The molecule has 0 aliphatic heterocycles. The normalized spacial score (nSPS) is 10.5. The summed E-state index contributed by atoms with van der Waals surface area (Å²) in [6.07, 6.45) is 0. The number of aryl methyl sites for hydroxylation is 1. The minimum absolute atomic E-state index is 0.101. The predicted molar refractivity (Wildman–Crippen MR) is 48.3 cm³/mol. The van der Waals surface area contributed by atoms with Gasteiger partial charge in [0.25, 0.3) is 0 Å². The van der Waals surface area contributed by atoms with Crippen molar-refractivity contribution in [2.24, 2.45) is 0 Å². The van der Waals surface area contributed by atoms with Crippen molar-refractivity contribution in [1.82, 2.24) is 15.7 Å². The van der Waals surface area contributed by atoms with E-state index in [0.29, 0.717) is 0 Å². The molecule has 1 aromatic carbocycles. The zero-order chi connectivity index (χ0) is 9.42. The zero-order valence-electron chi connectivity index (χ0n) is 7.09. The molecule has 0 aliphatic carbocycles. The minimum atomic E-state index is -0.782. The Bertz CT molecular complexity index is 473. The number of nitrogens with zero attached hydrogens (tertiary/aromatic N) is 1. The van der Waals surface area contributed by atoms with Crippen molar-refractivity contribution < 1.29 is 4.79 Å². The standard InChI is InChI=1S/C9H8N3O/c1-5-3-2-4-6-7(5)12-9(11-6)8(10)13/h2-4,10H,1H3,(H,11,12). The van der Waals surface area contributed by atoms with Crippen molar-refractivity contribution in [3.05, 3.63) is 29.6 Å². The van der Waals surface area contributed by atoms with E-state index in [1.165, 1.54) is 0 Å². The molecular weight excluding hydrogens is 166 g/mol. The van der Waals surface area contributed by atoms with Gasteiger partial charge in [-0.15, -0.1) is 0 Å². The third-order valence-electron chi connectivity index (χ3n) is 1.93. The second-order valence-corrected chi connectivity index (χ2v) is 2.89. The number of nitrogens with one attached hydrogen (secondary N) is 2. The van der Waals surface area contributed by atoms with Crippen molar-refractivity contribution in [2.45, 2.75) is 6.92 Å². The molecule has 13 heavy (non-hydrogen) atoms. The van der Waals surface area contributed by atoms with Crippen LogP contribution in [-0.4, -0.2) is 15.9 Å². The maximum absolute atomic E-state index is 10.7. The summed E-state index contributed by atoms with van der Waals surface area (Å²) in [5.74, 6) is -0.681. The van der Waals surface area contributed by atoms with Gasteiger partial charge in [-0.2, -0.15) is 0 Å². The van der Waals surface area contributed by atoms with Crippen molar-refractivity contribution >= 4 is 16.9 Å². The molecule has 0 spiro atoms. The summed E-state index contributed by atoms with van der Waals surface area (Å²) in [4.78, 5) is 17.5. The van der Waals surface area contributed by atoms with Crippen LogP contribution in [0.5, 0.6) is 0 Å². The lowest BCUT2D eigenvalue weighted by molar-refractivity contribution is 0.0983. The molecule has 4 nitrogen and oxygen atoms in total. The Hall–Kier alpha value is -1.84. The summed E-state index contributed by atoms with van der Waals surface area (Å²) in [5.41, 5.74) is 9.45. The van der Waals surface area contributed by atoms with Gasteiger partial charge in [0.05, 0.1) is 11.0 Å². The number of imidazole rings is 1. The highest BCUT2D eigenvalue weighted by Crippen LogP contribution is 2.14. The Labute approximate surface area is 74.8 Å². The van der Waals surface area contributed by atoms with E-state index in [0.717, 1.165) is 16.6 Å². The van der Waals surface area contributed by atoms with Crippen LogP contribution in [0.1, 0.15) is 16.2 Å². The Morgan fingerprint density at radius 3 is 2.92 bits per heavy atom. The van der Waals surface area contributed by atoms with E-state index < -0.39 is 5.91 Å². The molecule has 4 heteroatoms. The number of benzene rings is 1. The second-order valence-electron chi connectivity index (χ2n) is 2.89. The molecule has 0 bridgehead atoms. The molecule has 1 heterocycles. The van der Waals surface area contributed by atoms with Gasteiger partial charge in [-0.1, -0.05) is 12.1 Å². The van der Waals surface area contributed by atoms with Crippen LogP contribution in [0.25, 0.3) is 11.0 Å². The van der Waals surface area contributed by atoms with Crippen molar-refractivity contribution in [3.8, 4) is 0 Å². The maximum atomic E-state index is 10.7. The summed E-state index contributed by atoms with van der Waals surface area (Å²) >= 11 is 0. The first-order valence-corrected chi connectivity index (χ1v) is 3.90. The monoisotopic (exact) mass is 174 g/mol. The molecule has 1 aromatic heterocycles. The van der Waals surface area contributed by atoms with Crippen LogP contribution < -0.4 is 5.73 Å². The lowest BCUT2D eigenvalue weighted by atomic mass is 10.2. The number of hydrogen-bond donors (Lipinski definition) is 1. The SMILES string of the molecule is Cc1cccc2[nH]c(C([NH])=O)nc12. The number of para-hydroxylation sites is 1. The van der Waals surface area contributed by atoms with E-state index in [2.05, 4.69) is 9.97 Å². The van der Waals surface area contributed by atoms with Gasteiger partial charge in [0.2, 0.25) is 0 Å². The summed E-state index contributed by atoms with van der Waals surface area (Å²) < 4.78 is 0. The zero-order valence-corrected chi connectivity index (χ0v) is 7.09. The third-order valence-corrected chi connectivity index (χ3v) is 1.93. The number of aromatic amines is 1. The third kappa shape index (κ3) is 1.16. The number of carbonyl (C=O) groups excluding carboxylic acids is 1. The van der Waals surface area contributed by atoms with E-state index in [1.807, 2.05) is 25.1 Å². The topological polar surface area (TPSA) is 69.6 Å². The number of hydrogen-bond acceptors (Lipinski definition) is 2. The summed E-state index contributed by atoms with van der Waals surface area (Å²) in [5, 5.41) is 0. The van der Waals surface area contributed by atoms with E-state index in [-0.39, 0.29) is 5.82 Å². The van der Waals surface area contributed by atoms with Crippen LogP contribution in [-0.2, 0) is 0 Å². The number of amides is 1. The first-order valence-electron chi connectivity index (χ1n) is 3.90. The summed E-state index contributed by atoms with van der Waals surface area (Å²) in [7, 11) is 0. The van der Waals surface area contributed by atoms with Crippen LogP contribution in [0, 0.1) is 6.92 Å². The average Bonchev–Trinajstić information content (AvgIpc) is 2.49. The van der Waals surface area contributed by atoms with Gasteiger partial charge in [0, 0.05) is 0 Å². The van der Waals surface area contributed by atoms with Gasteiger partial charge >= 0.3 is 5.91 Å². The quantitative estimate of drug-likeness (QED) is 0.707. The van der Waals surface area contributed by atoms with Crippen LogP contribution in [0.15, 0.2) is 18.2 Å². The van der Waals surface area contributed by atoms with Crippen molar-refractivity contribution in [1.29, 1.82) is 0 Å². The van der Waals surface area contributed by atoms with Crippen LogP contribution in [0.4, 0.5) is 0 Å². The van der Waals surface area contributed by atoms with E-state index in [1.54, 1.807) is 0 Å². The van der Waals surface area contributed by atoms with Crippen LogP contribution in [0.3, 0.4) is 0 Å². The fourth-order valence-electron chi connectivity index (χ4n) is 1.28. The Balaban J connectivity index is 2.75. The Morgan fingerprint density at radius 1 is 1.54 bits per heavy atom. The van der Waals surface area contributed by atoms with Gasteiger partial charge in [-0.3, -0.25) is 10.5 Å². The molecule has 0 saturated heterocycles. The molecule has 2 rings (SSSR count). The molecule has 1 amide bonds. The number of aromatic nitrogens is 2. The first kappa shape index (κ1) is 7.79. The van der Waals surface area contributed by atoms with Gasteiger partial charge in [-0.25, -0.2) is 4.98 Å². The molecule has 0 unspecified atom stereocenters. The molecule has 1 radical (unpaired) electrons. The number of fused-ring (bicyclic) bond motifs is 1. The van der Waals surface area contributed by atoms with Gasteiger partial charge in [0.15, 0.2) is 5.82 Å². The van der Waals surface area contributed by atoms with Gasteiger partial charge < -0.3 is 4.98 Å². The lowest BCUT2D eigenvalue weighted by Gasteiger charge is -1.90. The van der Waals surface area contributed by atoms with E-state index in [9.17, 15) is 4.79 Å². The maximum Gasteiger partial charge on any atom is 0.305 e. The first-order chi connectivity index (χ1) is 6.18. The predicted octanol–water partition coefficient (Wildman–Crippen LogP) is 1.29. The average molecular weight is 174 g/mol. The molecule has 0 atom stereocenters. The molecule has 65 valence electrons. The molecule has 2 aromatic rings. The molecule has 0 aliphatic rings. The molecular formula is C9H8N3O. The lowest BCUT2D eigenvalue weighted by Crippen LogP contribution is -2.00. The highest BCUT2D eigenvalue weighted by Gasteiger charge is 2.08. The highest BCUT2D eigenvalue weighted by molar-refractivity contribution is 5.93. The van der Waals surface area contributed by atoms with Gasteiger partial charge in [0.1, 0.15) is 0 Å². The van der Waals surface area contributed by atoms with Crippen molar-refractivity contribution in [2.75, 3.05) is 0 Å². The summed E-state index contributed by atoms with van der Waals surface area (Å²) in [6, 6.07) is 5.64. The number of carbonyl (C=O) groups is 1. The number of rotatable bonds is 1. The van der Waals surface area contributed by atoms with Crippen molar-refractivity contribution in [3.63, 3.8) is 0 Å². The smallest absolute Gasteiger partial charge is 0.305 e. The summed E-state index contributed by atoms with van der Waals surface area (Å²) in [6.45, 7) is 1.92. The van der Waals surface area contributed by atoms with Crippen LogP contribution in [0.2, 0.25) is 0 Å². The highest BCUT2D eigenvalue weighted by atomic mass is 16.1.